The summed E-state index contributed by atoms with van der Waals surface area (Å²) in [5, 5.41) is 31.5. The molecule has 2 atom stereocenters. The van der Waals surface area contributed by atoms with Crippen LogP contribution in [-0.2, 0) is 30.6 Å². The monoisotopic (exact) mass is 632 g/mol. The van der Waals surface area contributed by atoms with Crippen molar-refractivity contribution in [1.29, 1.82) is 0 Å². The highest BCUT2D eigenvalue weighted by Gasteiger charge is 2.55. The largest absolute Gasteiger partial charge is 0.478 e. The van der Waals surface area contributed by atoms with Crippen LogP contribution in [0, 0.1) is 5.92 Å². The van der Waals surface area contributed by atoms with E-state index in [0.717, 1.165) is 36.9 Å². The number of fused-ring (bicyclic) bond motifs is 1. The number of nitrogens with two attached hydrogens (primary N) is 1. The van der Waals surface area contributed by atoms with Gasteiger partial charge in [-0.25, -0.2) is 14.2 Å². The number of thioether (sulfide) groups is 1. The molecule has 0 radical (unpaired) electrons. The number of oxime groups is 1. The van der Waals surface area contributed by atoms with Gasteiger partial charge in [0.2, 0.25) is 17.1 Å². The fourth-order valence-electron chi connectivity index (χ4n) is 4.38. The number of β-lactam (4-membered cyclic amide) rings is 1. The Bertz CT molecular complexity index is 1500. The molecule has 43 heavy (non-hydrogen) atoms. The number of carbonyl (C=O) groups is 4. The van der Waals surface area contributed by atoms with Gasteiger partial charge in [0.15, 0.2) is 24.1 Å². The maximum atomic E-state index is 13.2. The van der Waals surface area contributed by atoms with E-state index in [1.165, 1.54) is 30.5 Å². The SMILES string of the molecule is CC(C)(O/N=C(\C(=O)N[C@@H]1C(=O)N2C(C(=O)O)=C(C[n+]3ccc(NCC4CNC4)cc3)CS[C@H]12)c1nsc(N)n1)C(=O)O. The summed E-state index contributed by atoms with van der Waals surface area (Å²) in [5.41, 5.74) is 4.75. The Morgan fingerprint density at radius 3 is 2.58 bits per heavy atom. The highest BCUT2D eigenvalue weighted by molar-refractivity contribution is 8.00. The second kappa shape index (κ2) is 12.1. The van der Waals surface area contributed by atoms with Gasteiger partial charge in [0.1, 0.15) is 17.1 Å². The first-order valence-electron chi connectivity index (χ1n) is 13.2. The highest BCUT2D eigenvalue weighted by atomic mass is 32.2. The number of pyridine rings is 1. The van der Waals surface area contributed by atoms with Crippen LogP contribution in [0.25, 0.3) is 0 Å². The van der Waals surface area contributed by atoms with Gasteiger partial charge in [-0.1, -0.05) is 5.16 Å². The van der Waals surface area contributed by atoms with Crippen LogP contribution in [0.15, 0.2) is 41.0 Å². The molecule has 228 valence electrons. The van der Waals surface area contributed by atoms with E-state index in [2.05, 4.69) is 30.5 Å². The lowest BCUT2D eigenvalue weighted by molar-refractivity contribution is -0.688. The molecule has 0 bridgehead atoms. The van der Waals surface area contributed by atoms with Crippen LogP contribution in [0.2, 0.25) is 0 Å². The third kappa shape index (κ3) is 6.40. The van der Waals surface area contributed by atoms with Crippen LogP contribution in [0.3, 0.4) is 0 Å². The van der Waals surface area contributed by atoms with E-state index in [-0.39, 0.29) is 23.2 Å². The number of hydrogen-bond acceptors (Lipinski definition) is 13. The van der Waals surface area contributed by atoms with E-state index in [1.54, 1.807) is 0 Å². The number of anilines is 2. The number of carboxylic acid groups (broad SMARTS) is 2. The minimum atomic E-state index is -1.78. The van der Waals surface area contributed by atoms with Gasteiger partial charge in [-0.05, 0) is 13.8 Å². The molecule has 5 rings (SSSR count). The van der Waals surface area contributed by atoms with Crippen LogP contribution < -0.4 is 26.3 Å². The molecule has 0 aromatic carbocycles. The molecule has 3 aliphatic rings. The van der Waals surface area contributed by atoms with Crippen molar-refractivity contribution in [2.45, 2.75) is 37.4 Å². The summed E-state index contributed by atoms with van der Waals surface area (Å²) in [6.45, 7) is 5.59. The van der Waals surface area contributed by atoms with Crippen molar-refractivity contribution in [3.05, 3.63) is 41.6 Å². The van der Waals surface area contributed by atoms with Gasteiger partial charge in [-0.3, -0.25) is 14.5 Å². The molecule has 18 heteroatoms. The fourth-order valence-corrected chi connectivity index (χ4v) is 6.15. The molecule has 0 aliphatic carbocycles. The average Bonchev–Trinajstić information content (AvgIpc) is 3.36. The average molecular weight is 633 g/mol. The second-order valence-electron chi connectivity index (χ2n) is 10.6. The number of rotatable bonds is 12. The smallest absolute Gasteiger partial charge is 0.352 e. The molecular weight excluding hydrogens is 602 g/mol. The van der Waals surface area contributed by atoms with Gasteiger partial charge >= 0.3 is 11.9 Å². The zero-order valence-electron chi connectivity index (χ0n) is 23.1. The number of nitrogens with zero attached hydrogens (tertiary/aromatic N) is 5. The van der Waals surface area contributed by atoms with Gasteiger partial charge < -0.3 is 36.7 Å². The molecule has 0 spiro atoms. The standard InChI is InChI=1S/C25H29N9O7S2/c1-25(2,23(39)40)41-31-15(18-30-24(26)43-32-18)19(35)29-16-20(36)34-17(22(37)38)13(11-42-21(16)34)10-33-5-3-14(4-6-33)28-9-12-7-27-8-12/h3-6,12,16,21,27H,7-11H2,1-2H3,(H5,26,29,30,32,35,37,38,39,40)/p+1/b31-15-/t16-,21-/m1/s1. The molecule has 0 saturated carbocycles. The highest BCUT2D eigenvalue weighted by Crippen LogP contribution is 2.40. The lowest BCUT2D eigenvalue weighted by Crippen LogP contribution is -2.71. The number of hydrogen-bond donors (Lipinski definition) is 6. The molecule has 2 saturated heterocycles. The van der Waals surface area contributed by atoms with E-state index in [9.17, 15) is 29.4 Å². The molecule has 2 amide bonds. The summed E-state index contributed by atoms with van der Waals surface area (Å²) in [6, 6.07) is 2.75. The maximum Gasteiger partial charge on any atom is 0.352 e. The van der Waals surface area contributed by atoms with Crippen LogP contribution in [0.4, 0.5) is 10.8 Å². The zero-order chi connectivity index (χ0) is 30.9. The Morgan fingerprint density at radius 1 is 1.28 bits per heavy atom. The summed E-state index contributed by atoms with van der Waals surface area (Å²) >= 11 is 2.10. The van der Waals surface area contributed by atoms with Crippen molar-refractivity contribution < 1.29 is 38.8 Å². The van der Waals surface area contributed by atoms with Gasteiger partial charge in [0.25, 0.3) is 11.8 Å². The van der Waals surface area contributed by atoms with E-state index in [1.807, 2.05) is 29.1 Å². The molecule has 2 aromatic heterocycles. The van der Waals surface area contributed by atoms with Crippen molar-refractivity contribution in [1.82, 2.24) is 24.9 Å². The van der Waals surface area contributed by atoms with Crippen LogP contribution in [0.5, 0.6) is 0 Å². The first-order valence-corrected chi connectivity index (χ1v) is 15.0. The topological polar surface area (TPSA) is 225 Å². The fraction of sp³-hybridized carbons (Fsp3) is 0.440. The summed E-state index contributed by atoms with van der Waals surface area (Å²) in [7, 11) is 0. The number of aromatic nitrogens is 3. The Morgan fingerprint density at radius 2 is 2.00 bits per heavy atom. The van der Waals surface area contributed by atoms with Crippen LogP contribution in [0.1, 0.15) is 19.7 Å². The lowest BCUT2D eigenvalue weighted by Gasteiger charge is -2.49. The number of amides is 2. The zero-order valence-corrected chi connectivity index (χ0v) is 24.8. The summed E-state index contributed by atoms with van der Waals surface area (Å²) < 4.78 is 5.78. The summed E-state index contributed by atoms with van der Waals surface area (Å²) in [4.78, 5) is 60.3. The number of nitrogens with one attached hydrogen (secondary N) is 3. The van der Waals surface area contributed by atoms with Gasteiger partial charge in [-0.15, -0.1) is 11.8 Å². The summed E-state index contributed by atoms with van der Waals surface area (Å²) in [5.74, 6) is -3.42. The molecule has 7 N–H and O–H groups in total. The van der Waals surface area contributed by atoms with E-state index in [0.29, 0.717) is 17.2 Å². The van der Waals surface area contributed by atoms with Crippen molar-refractivity contribution in [2.24, 2.45) is 11.1 Å². The number of aliphatic carboxylic acids is 2. The van der Waals surface area contributed by atoms with Crippen molar-refractivity contribution in [3.63, 3.8) is 0 Å². The second-order valence-corrected chi connectivity index (χ2v) is 12.5. The summed E-state index contributed by atoms with van der Waals surface area (Å²) in [6.07, 6.45) is 3.69. The molecule has 0 unspecified atom stereocenters. The third-order valence-electron chi connectivity index (χ3n) is 7.01. The normalized spacial score (nSPS) is 20.6. The quantitative estimate of drug-likeness (QED) is 0.0720. The minimum Gasteiger partial charge on any atom is -0.478 e. The molecule has 5 heterocycles. The molecule has 2 fully saturated rings. The third-order valence-corrected chi connectivity index (χ3v) is 8.89. The predicted molar refractivity (Wildman–Crippen MR) is 155 cm³/mol. The van der Waals surface area contributed by atoms with Crippen LogP contribution >= 0.6 is 23.3 Å². The number of carboxylic acids is 2. The van der Waals surface area contributed by atoms with Crippen molar-refractivity contribution >= 4 is 63.6 Å². The molecule has 2 aromatic rings. The molecular formula is C25H30N9O7S2+. The Kier molecular flexibility index (Phi) is 8.52. The van der Waals surface area contributed by atoms with Gasteiger partial charge in [0.05, 0.1) is 0 Å². The lowest BCUT2D eigenvalue weighted by atomic mass is 10.0. The molecule has 3 aliphatic heterocycles. The van der Waals surface area contributed by atoms with Gasteiger partial charge in [-0.2, -0.15) is 9.36 Å². The maximum absolute atomic E-state index is 13.2. The van der Waals surface area contributed by atoms with E-state index >= 15 is 0 Å². The number of nitrogen functional groups attached to an aromatic ring is 1. The predicted octanol–water partition coefficient (Wildman–Crippen LogP) is -0.938. The van der Waals surface area contributed by atoms with Crippen molar-refractivity contribution in [2.75, 3.05) is 36.4 Å². The first kappa shape index (κ1) is 30.2. The van der Waals surface area contributed by atoms with E-state index < -0.39 is 46.5 Å². The Hall–Kier alpha value is -4.29. The first-order chi connectivity index (χ1) is 20.4. The van der Waals surface area contributed by atoms with Crippen LogP contribution in [-0.4, -0.2) is 96.3 Å². The Balaban J connectivity index is 1.28. The van der Waals surface area contributed by atoms with Crippen molar-refractivity contribution in [3.8, 4) is 0 Å². The molecule has 16 nitrogen and oxygen atoms in total. The van der Waals surface area contributed by atoms with Gasteiger partial charge in [0, 0.05) is 66.2 Å². The minimum absolute atomic E-state index is 0.0282. The van der Waals surface area contributed by atoms with E-state index in [4.69, 9.17) is 10.6 Å². The Labute approximate surface area is 253 Å². The number of carbonyl (C=O) groups excluding carboxylic acids is 2.